The summed E-state index contributed by atoms with van der Waals surface area (Å²) in [5.41, 5.74) is 4.02. The van der Waals surface area contributed by atoms with Gasteiger partial charge in [-0.3, -0.25) is 19.0 Å². The maximum absolute atomic E-state index is 15.6. The number of carbonyl (C=O) groups is 2. The number of nitrogens with zero attached hydrogens (tertiary/aromatic N) is 5. The molecule has 3 aromatic carbocycles. The lowest BCUT2D eigenvalue weighted by Gasteiger charge is -2.30. The fraction of sp³-hybridized carbons (Fsp3) is 0.290. The van der Waals surface area contributed by atoms with Gasteiger partial charge >= 0.3 is 0 Å². The average Bonchev–Trinajstić information content (AvgIpc) is 3.71. The fourth-order valence-electron chi connectivity index (χ4n) is 6.09. The second kappa shape index (κ2) is 10.2. The van der Waals surface area contributed by atoms with Crippen LogP contribution in [0.15, 0.2) is 54.7 Å². The smallest absolute Gasteiger partial charge is 0.246 e. The normalized spacial score (nSPS) is 15.1. The molecule has 1 N–H and O–H groups in total. The van der Waals surface area contributed by atoms with Crippen molar-refractivity contribution in [1.82, 2.24) is 24.5 Å². The van der Waals surface area contributed by atoms with E-state index in [0.717, 1.165) is 40.3 Å². The number of piperidine rings is 1. The lowest BCUT2D eigenvalue weighted by atomic mass is 9.89. The van der Waals surface area contributed by atoms with Crippen LogP contribution in [0.5, 0.6) is 11.5 Å². The molecule has 0 radical (unpaired) electrons. The van der Waals surface area contributed by atoms with Gasteiger partial charge in [0.05, 0.1) is 28.6 Å². The number of ether oxygens (including phenoxy) is 2. The molecule has 0 aliphatic carbocycles. The number of carbonyl (C=O) groups excluding carboxylic acids is 2. The Bertz CT molecular complexity index is 1870. The lowest BCUT2D eigenvalue weighted by molar-refractivity contribution is -0.129. The quantitative estimate of drug-likeness (QED) is 0.326. The van der Waals surface area contributed by atoms with Crippen molar-refractivity contribution in [1.29, 1.82) is 0 Å². The third-order valence-corrected chi connectivity index (χ3v) is 8.22. The van der Waals surface area contributed by atoms with Crippen molar-refractivity contribution >= 4 is 39.3 Å². The summed E-state index contributed by atoms with van der Waals surface area (Å²) in [6, 6.07) is 14.3. The number of benzene rings is 3. The van der Waals surface area contributed by atoms with Gasteiger partial charge in [-0.25, -0.2) is 4.39 Å². The second-order valence-electron chi connectivity index (χ2n) is 10.8. The van der Waals surface area contributed by atoms with Gasteiger partial charge in [0.2, 0.25) is 18.6 Å². The van der Waals surface area contributed by atoms with Crippen LogP contribution in [0.3, 0.4) is 0 Å². The number of halogens is 1. The van der Waals surface area contributed by atoms with E-state index >= 15 is 4.39 Å². The molecular formula is C31H29FN6O4. The Kier molecular flexibility index (Phi) is 6.29. The molecule has 7 rings (SSSR count). The van der Waals surface area contributed by atoms with Crippen LogP contribution >= 0.6 is 0 Å². The van der Waals surface area contributed by atoms with Gasteiger partial charge in [-0.1, -0.05) is 18.2 Å². The van der Waals surface area contributed by atoms with Crippen molar-refractivity contribution in [3.63, 3.8) is 0 Å². The summed E-state index contributed by atoms with van der Waals surface area (Å²) in [5.74, 6) is 0.528. The Balaban J connectivity index is 1.31. The third kappa shape index (κ3) is 4.41. The molecule has 11 heteroatoms. The maximum atomic E-state index is 15.6. The monoisotopic (exact) mass is 568 g/mol. The van der Waals surface area contributed by atoms with E-state index in [1.807, 2.05) is 36.2 Å². The van der Waals surface area contributed by atoms with Crippen molar-refractivity contribution in [3.8, 4) is 22.6 Å². The van der Waals surface area contributed by atoms with Crippen molar-refractivity contribution in [2.24, 2.45) is 7.05 Å². The number of anilines is 1. The zero-order valence-electron chi connectivity index (χ0n) is 23.3. The Hall–Kier alpha value is -4.93. The van der Waals surface area contributed by atoms with E-state index in [1.54, 1.807) is 40.7 Å². The Morgan fingerprint density at radius 2 is 1.86 bits per heavy atom. The Labute approximate surface area is 240 Å². The molecule has 42 heavy (non-hydrogen) atoms. The number of aromatic nitrogens is 4. The van der Waals surface area contributed by atoms with Gasteiger partial charge in [0.1, 0.15) is 12.4 Å². The molecule has 214 valence electrons. The largest absolute Gasteiger partial charge is 0.454 e. The molecule has 0 bridgehead atoms. The predicted octanol–water partition coefficient (Wildman–Crippen LogP) is 4.82. The van der Waals surface area contributed by atoms with Crippen molar-refractivity contribution < 1.29 is 23.5 Å². The number of rotatable bonds is 5. The minimum absolute atomic E-state index is 0.0417. The van der Waals surface area contributed by atoms with Crippen LogP contribution in [0.25, 0.3) is 32.9 Å². The van der Waals surface area contributed by atoms with Gasteiger partial charge in [0.25, 0.3) is 0 Å². The number of likely N-dealkylation sites (tertiary alicyclic amines) is 1. The average molecular weight is 569 g/mol. The highest BCUT2D eigenvalue weighted by Crippen LogP contribution is 2.41. The van der Waals surface area contributed by atoms with E-state index < -0.39 is 0 Å². The molecule has 2 aromatic heterocycles. The molecule has 0 unspecified atom stereocenters. The highest BCUT2D eigenvalue weighted by molar-refractivity contribution is 6.00. The first-order chi connectivity index (χ1) is 20.4. The zero-order valence-corrected chi connectivity index (χ0v) is 23.3. The molecule has 5 aromatic rings. The summed E-state index contributed by atoms with van der Waals surface area (Å²) < 4.78 is 30.0. The van der Waals surface area contributed by atoms with Gasteiger partial charge in [-0.2, -0.15) is 10.2 Å². The third-order valence-electron chi connectivity index (χ3n) is 8.22. The molecular weight excluding hydrogens is 539 g/mol. The summed E-state index contributed by atoms with van der Waals surface area (Å²) in [7, 11) is 1.83. The van der Waals surface area contributed by atoms with Crippen LogP contribution in [0, 0.1) is 5.82 Å². The molecule has 1 fully saturated rings. The van der Waals surface area contributed by atoms with Crippen molar-refractivity contribution in [2.75, 3.05) is 25.2 Å². The minimum atomic E-state index is -0.356. The molecule has 10 nitrogen and oxygen atoms in total. The topological polar surface area (TPSA) is 104 Å². The highest BCUT2D eigenvalue weighted by atomic mass is 19.1. The van der Waals surface area contributed by atoms with Gasteiger partial charge in [0, 0.05) is 49.3 Å². The van der Waals surface area contributed by atoms with E-state index in [0.29, 0.717) is 41.4 Å². The van der Waals surface area contributed by atoms with E-state index in [9.17, 15) is 9.59 Å². The molecule has 0 saturated carbocycles. The van der Waals surface area contributed by atoms with Crippen LogP contribution in [0.4, 0.5) is 10.1 Å². The van der Waals surface area contributed by atoms with Gasteiger partial charge in [-0.15, -0.1) is 0 Å². The van der Waals surface area contributed by atoms with E-state index in [1.165, 1.54) is 6.07 Å². The number of aryl methyl sites for hydroxylation is 1. The Morgan fingerprint density at radius 1 is 1.05 bits per heavy atom. The number of para-hydroxylation sites is 1. The SMILES string of the molecule is CC(=O)N1CCC(c2nn(CC(=O)Nc3cccc4c3OCO4)c3cccc(-c4cc5c(cnn5C)cc4F)c23)CC1. The standard InChI is InChI=1S/C31H29FN6O4/c1-18(39)37-11-9-19(10-12-37)30-29-21(22-14-26-20(13-23(22)32)15-33-36(26)2)5-3-7-25(29)38(35-30)16-28(40)34-24-6-4-8-27-31(24)42-17-41-27/h3-8,13-15,19H,9-12,16-17H2,1-2H3,(H,34,40). The lowest BCUT2D eigenvalue weighted by Crippen LogP contribution is -2.36. The summed E-state index contributed by atoms with van der Waals surface area (Å²) in [5, 5.41) is 13.7. The van der Waals surface area contributed by atoms with Crippen LogP contribution in [0.1, 0.15) is 31.4 Å². The van der Waals surface area contributed by atoms with Crippen LogP contribution in [-0.4, -0.2) is 56.2 Å². The summed E-state index contributed by atoms with van der Waals surface area (Å²) in [6.07, 6.45) is 3.10. The van der Waals surface area contributed by atoms with Crippen molar-refractivity contribution in [2.45, 2.75) is 32.2 Å². The summed E-state index contributed by atoms with van der Waals surface area (Å²) in [4.78, 5) is 27.1. The Morgan fingerprint density at radius 3 is 2.67 bits per heavy atom. The van der Waals surface area contributed by atoms with Crippen LogP contribution < -0.4 is 14.8 Å². The van der Waals surface area contributed by atoms with E-state index in [4.69, 9.17) is 14.6 Å². The van der Waals surface area contributed by atoms with Gasteiger partial charge < -0.3 is 19.7 Å². The highest BCUT2D eigenvalue weighted by Gasteiger charge is 2.29. The molecule has 2 aliphatic rings. The number of fused-ring (bicyclic) bond motifs is 3. The molecule has 0 atom stereocenters. The maximum Gasteiger partial charge on any atom is 0.246 e. The first-order valence-corrected chi connectivity index (χ1v) is 13.9. The number of amides is 2. The fourth-order valence-corrected chi connectivity index (χ4v) is 6.09. The molecule has 2 amide bonds. The summed E-state index contributed by atoms with van der Waals surface area (Å²) >= 11 is 0. The zero-order chi connectivity index (χ0) is 29.0. The van der Waals surface area contributed by atoms with E-state index in [-0.39, 0.29) is 36.9 Å². The molecule has 1 saturated heterocycles. The van der Waals surface area contributed by atoms with Crippen LogP contribution in [-0.2, 0) is 23.2 Å². The molecule has 2 aliphatic heterocycles. The predicted molar refractivity (Wildman–Crippen MR) is 155 cm³/mol. The first-order valence-electron chi connectivity index (χ1n) is 13.9. The second-order valence-corrected chi connectivity index (χ2v) is 10.8. The first kappa shape index (κ1) is 26.0. The van der Waals surface area contributed by atoms with Gasteiger partial charge in [0.15, 0.2) is 11.5 Å². The van der Waals surface area contributed by atoms with Crippen molar-refractivity contribution in [3.05, 3.63) is 66.2 Å². The molecule has 0 spiro atoms. The molecule has 4 heterocycles. The van der Waals surface area contributed by atoms with E-state index in [2.05, 4.69) is 10.4 Å². The minimum Gasteiger partial charge on any atom is -0.454 e. The number of hydrogen-bond donors (Lipinski definition) is 1. The number of nitrogens with one attached hydrogen (secondary N) is 1. The number of hydrogen-bond acceptors (Lipinski definition) is 6. The van der Waals surface area contributed by atoms with Gasteiger partial charge in [-0.05, 0) is 48.7 Å². The summed E-state index contributed by atoms with van der Waals surface area (Å²) in [6.45, 7) is 2.86. The van der Waals surface area contributed by atoms with Crippen LogP contribution in [0.2, 0.25) is 0 Å².